The summed E-state index contributed by atoms with van der Waals surface area (Å²) in [6, 6.07) is 3.34. The number of guanidine groups is 1. The number of nitrogens with zero attached hydrogens (tertiary/aromatic N) is 2. The standard InChI is InChI=1S/C10H7Cl2N3O2/c11-5-1-2-6-4(7(5)12)3-13-10-14-8(16)9(17)15(6)10/h1-2,9,17H,3H2,(H,13,14,16). The molecule has 2 N–H and O–H groups in total. The minimum atomic E-state index is -1.30. The summed E-state index contributed by atoms with van der Waals surface area (Å²) in [5.74, 6) is -0.250. The lowest BCUT2D eigenvalue weighted by Crippen LogP contribution is -2.47. The Morgan fingerprint density at radius 3 is 3.00 bits per heavy atom. The molecule has 0 aromatic heterocycles. The second-order valence-corrected chi connectivity index (χ2v) is 4.52. The average Bonchev–Trinajstić information content (AvgIpc) is 2.60. The summed E-state index contributed by atoms with van der Waals surface area (Å²) in [6.45, 7) is 0.421. The Balaban J connectivity index is 2.18. The number of carbonyl (C=O) groups is 1. The van der Waals surface area contributed by atoms with Crippen molar-refractivity contribution in [3.8, 4) is 0 Å². The predicted octanol–water partition coefficient (Wildman–Crippen LogP) is 1.12. The number of fused-ring (bicyclic) bond motifs is 3. The number of benzene rings is 1. The van der Waals surface area contributed by atoms with E-state index in [1.165, 1.54) is 4.90 Å². The van der Waals surface area contributed by atoms with Crippen molar-refractivity contribution < 1.29 is 9.90 Å². The highest BCUT2D eigenvalue weighted by Gasteiger charge is 2.38. The Hall–Kier alpha value is -1.30. The molecule has 2 aliphatic heterocycles. The van der Waals surface area contributed by atoms with Gasteiger partial charge in [-0.1, -0.05) is 23.2 Å². The molecule has 2 heterocycles. The van der Waals surface area contributed by atoms with E-state index in [2.05, 4.69) is 10.3 Å². The van der Waals surface area contributed by atoms with Crippen molar-refractivity contribution >= 4 is 40.8 Å². The highest BCUT2D eigenvalue weighted by molar-refractivity contribution is 6.43. The molecule has 17 heavy (non-hydrogen) atoms. The van der Waals surface area contributed by atoms with Crippen LogP contribution in [0, 0.1) is 0 Å². The van der Waals surface area contributed by atoms with Crippen LogP contribution in [0.15, 0.2) is 17.1 Å². The Kier molecular flexibility index (Phi) is 2.29. The first-order valence-corrected chi connectivity index (χ1v) is 5.66. The van der Waals surface area contributed by atoms with E-state index >= 15 is 0 Å². The molecule has 5 nitrogen and oxygen atoms in total. The normalized spacial score (nSPS) is 21.8. The third kappa shape index (κ3) is 1.43. The van der Waals surface area contributed by atoms with Gasteiger partial charge in [0.1, 0.15) is 0 Å². The average molecular weight is 272 g/mol. The zero-order valence-electron chi connectivity index (χ0n) is 8.44. The molecule has 1 aromatic carbocycles. The van der Waals surface area contributed by atoms with Gasteiger partial charge in [-0.15, -0.1) is 0 Å². The van der Waals surface area contributed by atoms with Gasteiger partial charge in [0.05, 0.1) is 15.7 Å². The Morgan fingerprint density at radius 2 is 2.24 bits per heavy atom. The summed E-state index contributed by atoms with van der Waals surface area (Å²) in [5.41, 5.74) is 1.39. The van der Waals surface area contributed by atoms with Gasteiger partial charge in [0.25, 0.3) is 5.91 Å². The minimum absolute atomic E-state index is 0.341. The number of aliphatic hydroxyl groups excluding tert-OH is 1. The van der Waals surface area contributed by atoms with Crippen LogP contribution in [-0.2, 0) is 11.3 Å². The zero-order valence-corrected chi connectivity index (χ0v) is 9.96. The molecule has 0 radical (unpaired) electrons. The Bertz CT molecular complexity index is 559. The van der Waals surface area contributed by atoms with E-state index in [-0.39, 0.29) is 0 Å². The molecule has 2 aliphatic rings. The van der Waals surface area contributed by atoms with Crippen molar-refractivity contribution in [3.63, 3.8) is 0 Å². The fourth-order valence-corrected chi connectivity index (χ4v) is 2.36. The number of nitrogens with one attached hydrogen (secondary N) is 1. The monoisotopic (exact) mass is 271 g/mol. The van der Waals surface area contributed by atoms with Crippen LogP contribution in [0.4, 0.5) is 5.69 Å². The van der Waals surface area contributed by atoms with Gasteiger partial charge < -0.3 is 10.4 Å². The van der Waals surface area contributed by atoms with Gasteiger partial charge in [0.15, 0.2) is 0 Å². The number of hydrogen-bond donors (Lipinski definition) is 2. The van der Waals surface area contributed by atoms with Crippen LogP contribution < -0.4 is 10.2 Å². The van der Waals surface area contributed by atoms with Crippen molar-refractivity contribution in [1.82, 2.24) is 5.32 Å². The van der Waals surface area contributed by atoms with Crippen molar-refractivity contribution in [1.29, 1.82) is 0 Å². The molecular formula is C10H7Cl2N3O2. The van der Waals surface area contributed by atoms with Crippen LogP contribution in [-0.4, -0.2) is 23.2 Å². The minimum Gasteiger partial charge on any atom is -0.365 e. The second kappa shape index (κ2) is 3.60. The fraction of sp³-hybridized carbons (Fsp3) is 0.200. The number of aliphatic imine (C=N–C) groups is 1. The van der Waals surface area contributed by atoms with Crippen LogP contribution in [0.1, 0.15) is 5.56 Å². The summed E-state index contributed by atoms with van der Waals surface area (Å²) in [6.07, 6.45) is -1.30. The predicted molar refractivity (Wildman–Crippen MR) is 64.2 cm³/mol. The Labute approximate surface area is 107 Å². The summed E-state index contributed by atoms with van der Waals surface area (Å²) in [7, 11) is 0. The summed E-state index contributed by atoms with van der Waals surface area (Å²) < 4.78 is 0. The van der Waals surface area contributed by atoms with Gasteiger partial charge in [-0.2, -0.15) is 4.99 Å². The first-order chi connectivity index (χ1) is 8.09. The van der Waals surface area contributed by atoms with Crippen LogP contribution in [0.2, 0.25) is 10.0 Å². The molecule has 1 amide bonds. The van der Waals surface area contributed by atoms with Crippen molar-refractivity contribution in [2.75, 3.05) is 4.90 Å². The molecular weight excluding hydrogens is 265 g/mol. The molecule has 0 saturated carbocycles. The number of anilines is 1. The summed E-state index contributed by atoms with van der Waals surface area (Å²) >= 11 is 12.0. The van der Waals surface area contributed by atoms with E-state index < -0.39 is 12.1 Å². The summed E-state index contributed by atoms with van der Waals surface area (Å²) in [4.78, 5) is 16.4. The van der Waals surface area contributed by atoms with E-state index in [4.69, 9.17) is 23.2 Å². The van der Waals surface area contributed by atoms with Crippen molar-refractivity contribution in [2.45, 2.75) is 12.8 Å². The lowest BCUT2D eigenvalue weighted by atomic mass is 10.1. The Morgan fingerprint density at radius 1 is 1.47 bits per heavy atom. The van der Waals surface area contributed by atoms with E-state index in [1.807, 2.05) is 0 Å². The van der Waals surface area contributed by atoms with Gasteiger partial charge >= 0.3 is 0 Å². The highest BCUT2D eigenvalue weighted by atomic mass is 35.5. The maximum Gasteiger partial charge on any atom is 0.299 e. The largest absolute Gasteiger partial charge is 0.365 e. The maximum atomic E-state index is 11.3. The number of amides is 1. The van der Waals surface area contributed by atoms with Crippen LogP contribution in [0.3, 0.4) is 0 Å². The third-order valence-electron chi connectivity index (χ3n) is 2.76. The first kappa shape index (κ1) is 10.8. The highest BCUT2D eigenvalue weighted by Crippen LogP contribution is 2.37. The molecule has 0 fully saturated rings. The number of halogens is 2. The molecule has 3 rings (SSSR count). The lowest BCUT2D eigenvalue weighted by molar-refractivity contribution is -0.124. The number of rotatable bonds is 0. The van der Waals surface area contributed by atoms with E-state index in [9.17, 15) is 9.90 Å². The number of hydrogen-bond acceptors (Lipinski definition) is 4. The van der Waals surface area contributed by atoms with Crippen molar-refractivity contribution in [2.24, 2.45) is 4.99 Å². The van der Waals surface area contributed by atoms with Crippen molar-refractivity contribution in [3.05, 3.63) is 27.7 Å². The quantitative estimate of drug-likeness (QED) is 0.742. The van der Waals surface area contributed by atoms with Crippen LogP contribution in [0.5, 0.6) is 0 Å². The maximum absolute atomic E-state index is 11.3. The lowest BCUT2D eigenvalue weighted by Gasteiger charge is -2.31. The summed E-state index contributed by atoms with van der Waals surface area (Å²) in [5, 5.41) is 13.5. The van der Waals surface area contributed by atoms with E-state index in [1.54, 1.807) is 12.1 Å². The fourth-order valence-electron chi connectivity index (χ4n) is 1.96. The van der Waals surface area contributed by atoms with Gasteiger partial charge in [-0.25, -0.2) is 0 Å². The molecule has 1 unspecified atom stereocenters. The van der Waals surface area contributed by atoms with Gasteiger partial charge in [0.2, 0.25) is 12.2 Å². The van der Waals surface area contributed by atoms with Gasteiger partial charge in [0, 0.05) is 12.1 Å². The van der Waals surface area contributed by atoms with E-state index in [0.717, 1.165) is 5.56 Å². The molecule has 88 valence electrons. The molecule has 0 saturated heterocycles. The number of aliphatic hydroxyl groups is 1. The molecule has 1 aromatic rings. The molecule has 0 aliphatic carbocycles. The van der Waals surface area contributed by atoms with Crippen LogP contribution in [0.25, 0.3) is 0 Å². The van der Waals surface area contributed by atoms with E-state index in [0.29, 0.717) is 28.2 Å². The number of carbonyl (C=O) groups excluding carboxylic acids is 1. The van der Waals surface area contributed by atoms with Crippen LogP contribution >= 0.6 is 23.2 Å². The first-order valence-electron chi connectivity index (χ1n) is 4.90. The topological polar surface area (TPSA) is 64.9 Å². The van der Waals surface area contributed by atoms with Gasteiger partial charge in [-0.05, 0) is 12.1 Å². The molecule has 7 heteroatoms. The zero-order chi connectivity index (χ0) is 12.2. The third-order valence-corrected chi connectivity index (χ3v) is 3.61. The molecule has 0 bridgehead atoms. The second-order valence-electron chi connectivity index (χ2n) is 3.73. The molecule has 1 atom stereocenters. The smallest absolute Gasteiger partial charge is 0.299 e. The molecule has 0 spiro atoms. The van der Waals surface area contributed by atoms with Gasteiger partial charge in [-0.3, -0.25) is 9.69 Å². The SMILES string of the molecule is O=C1N=C2NCc3c(ccc(Cl)c3Cl)N2C1O.